The molecule has 0 amide bonds. The molecular formula is C23H18F2N4OS. The van der Waals surface area contributed by atoms with E-state index in [1.165, 1.54) is 22.5 Å². The monoisotopic (exact) mass is 436 g/mol. The molecule has 0 unspecified atom stereocenters. The number of fused-ring (bicyclic) bond motifs is 2. The number of nitrogens with zero attached hydrogens (tertiary/aromatic N) is 3. The summed E-state index contributed by atoms with van der Waals surface area (Å²) in [5, 5.41) is 8.86. The molecule has 0 aliphatic heterocycles. The number of nitrogens with one attached hydrogen (secondary N) is 1. The minimum absolute atomic E-state index is 0.169. The Morgan fingerprint density at radius 1 is 1.03 bits per heavy atom. The van der Waals surface area contributed by atoms with Gasteiger partial charge in [0.25, 0.3) is 0 Å². The van der Waals surface area contributed by atoms with Crippen LogP contribution in [0.1, 0.15) is 11.1 Å². The molecule has 156 valence electrons. The SMILES string of the molecule is Cc1ccc(Nc2ccc3ncc(-c4cc5cccc(OC(F)F)c5s4)n3n2)cc1C. The fourth-order valence-electron chi connectivity index (χ4n) is 3.43. The lowest BCUT2D eigenvalue weighted by molar-refractivity contribution is -0.0486. The number of imidazole rings is 1. The van der Waals surface area contributed by atoms with Crippen LogP contribution in [-0.4, -0.2) is 21.2 Å². The molecule has 0 atom stereocenters. The van der Waals surface area contributed by atoms with E-state index in [9.17, 15) is 8.78 Å². The molecule has 5 nitrogen and oxygen atoms in total. The van der Waals surface area contributed by atoms with Gasteiger partial charge in [0.2, 0.25) is 0 Å². The molecular weight excluding hydrogens is 418 g/mol. The molecule has 0 spiro atoms. The Hall–Kier alpha value is -3.52. The highest BCUT2D eigenvalue weighted by Crippen LogP contribution is 2.39. The molecule has 0 saturated heterocycles. The van der Waals surface area contributed by atoms with Crippen LogP contribution in [0.4, 0.5) is 20.3 Å². The maximum absolute atomic E-state index is 12.8. The summed E-state index contributed by atoms with van der Waals surface area (Å²) >= 11 is 1.37. The number of alkyl halides is 2. The largest absolute Gasteiger partial charge is 0.433 e. The molecule has 8 heteroatoms. The Kier molecular flexibility index (Phi) is 4.78. The Labute approximate surface area is 180 Å². The Morgan fingerprint density at radius 3 is 2.71 bits per heavy atom. The molecule has 3 heterocycles. The summed E-state index contributed by atoms with van der Waals surface area (Å²) < 4.78 is 32.6. The van der Waals surface area contributed by atoms with Gasteiger partial charge in [0.15, 0.2) is 11.5 Å². The minimum atomic E-state index is -2.87. The Morgan fingerprint density at radius 2 is 1.90 bits per heavy atom. The standard InChI is InChI=1S/C23H18F2N4OS/c1-13-6-7-16(10-14(13)2)27-20-8-9-21-26-12-17(29(21)28-20)19-11-15-4-3-5-18(22(15)31-19)30-23(24)25/h3-12,23H,1-2H3,(H,27,28). The van der Waals surface area contributed by atoms with E-state index in [1.807, 2.05) is 30.3 Å². The molecule has 0 aliphatic rings. The van der Waals surface area contributed by atoms with Crippen molar-refractivity contribution in [2.45, 2.75) is 20.5 Å². The maximum Gasteiger partial charge on any atom is 0.387 e. The van der Waals surface area contributed by atoms with E-state index in [0.717, 1.165) is 21.6 Å². The number of ether oxygens (including phenoxy) is 1. The molecule has 5 aromatic rings. The van der Waals surface area contributed by atoms with Crippen LogP contribution >= 0.6 is 11.3 Å². The van der Waals surface area contributed by atoms with Crippen molar-refractivity contribution in [2.24, 2.45) is 0 Å². The molecule has 0 bridgehead atoms. The van der Waals surface area contributed by atoms with Crippen LogP contribution in [0.15, 0.2) is 60.8 Å². The summed E-state index contributed by atoms with van der Waals surface area (Å²) in [5.41, 5.74) is 4.85. The molecule has 0 aliphatic carbocycles. The van der Waals surface area contributed by atoms with Crippen molar-refractivity contribution in [1.82, 2.24) is 14.6 Å². The molecule has 2 aromatic carbocycles. The summed E-state index contributed by atoms with van der Waals surface area (Å²) in [6.45, 7) is 1.27. The van der Waals surface area contributed by atoms with Gasteiger partial charge in [-0.05, 0) is 66.8 Å². The second-order valence-electron chi connectivity index (χ2n) is 7.22. The Balaban J connectivity index is 1.54. The van der Waals surface area contributed by atoms with Gasteiger partial charge in [-0.15, -0.1) is 16.4 Å². The lowest BCUT2D eigenvalue weighted by atomic mass is 10.1. The van der Waals surface area contributed by atoms with Gasteiger partial charge in [0.1, 0.15) is 11.4 Å². The smallest absolute Gasteiger partial charge is 0.387 e. The fraction of sp³-hybridized carbons (Fsp3) is 0.130. The van der Waals surface area contributed by atoms with Crippen LogP contribution in [0.3, 0.4) is 0 Å². The number of thiophene rings is 1. The van der Waals surface area contributed by atoms with E-state index in [2.05, 4.69) is 41.0 Å². The molecule has 31 heavy (non-hydrogen) atoms. The zero-order valence-corrected chi connectivity index (χ0v) is 17.6. The number of rotatable bonds is 5. The normalized spacial score (nSPS) is 11.5. The average Bonchev–Trinajstić information content (AvgIpc) is 3.34. The number of hydrogen-bond donors (Lipinski definition) is 1. The molecule has 5 rings (SSSR count). The predicted molar refractivity (Wildman–Crippen MR) is 120 cm³/mol. The van der Waals surface area contributed by atoms with Gasteiger partial charge >= 0.3 is 6.61 Å². The lowest BCUT2D eigenvalue weighted by Crippen LogP contribution is -2.01. The van der Waals surface area contributed by atoms with Crippen LogP contribution in [-0.2, 0) is 0 Å². The van der Waals surface area contributed by atoms with Crippen molar-refractivity contribution in [1.29, 1.82) is 0 Å². The number of aryl methyl sites for hydroxylation is 2. The summed E-state index contributed by atoms with van der Waals surface area (Å²) in [6.07, 6.45) is 1.74. The van der Waals surface area contributed by atoms with Gasteiger partial charge in [-0.1, -0.05) is 18.2 Å². The quantitative estimate of drug-likeness (QED) is 0.338. The second kappa shape index (κ2) is 7.63. The van der Waals surface area contributed by atoms with Crippen LogP contribution in [0.5, 0.6) is 5.75 Å². The van der Waals surface area contributed by atoms with E-state index in [1.54, 1.807) is 22.8 Å². The Bertz CT molecular complexity index is 1410. The highest BCUT2D eigenvalue weighted by Gasteiger charge is 2.15. The highest BCUT2D eigenvalue weighted by molar-refractivity contribution is 7.22. The summed E-state index contributed by atoms with van der Waals surface area (Å²) in [4.78, 5) is 5.30. The van der Waals surface area contributed by atoms with Crippen molar-refractivity contribution < 1.29 is 13.5 Å². The van der Waals surface area contributed by atoms with Crippen LogP contribution in [0, 0.1) is 13.8 Å². The first-order valence-electron chi connectivity index (χ1n) is 9.65. The molecule has 1 N–H and O–H groups in total. The number of anilines is 2. The molecule has 0 fully saturated rings. The number of aromatic nitrogens is 3. The highest BCUT2D eigenvalue weighted by atomic mass is 32.1. The van der Waals surface area contributed by atoms with Crippen LogP contribution < -0.4 is 10.1 Å². The van der Waals surface area contributed by atoms with Crippen molar-refractivity contribution >= 4 is 38.6 Å². The van der Waals surface area contributed by atoms with Gasteiger partial charge in [0.05, 0.1) is 15.8 Å². The van der Waals surface area contributed by atoms with Gasteiger partial charge in [-0.25, -0.2) is 9.50 Å². The molecule has 0 saturated carbocycles. The van der Waals surface area contributed by atoms with Crippen LogP contribution in [0.25, 0.3) is 26.3 Å². The summed E-state index contributed by atoms with van der Waals surface area (Å²) in [7, 11) is 0. The molecule has 3 aromatic heterocycles. The minimum Gasteiger partial charge on any atom is -0.433 e. The van der Waals surface area contributed by atoms with Crippen molar-refractivity contribution in [3.8, 4) is 16.3 Å². The lowest BCUT2D eigenvalue weighted by Gasteiger charge is -2.08. The maximum atomic E-state index is 12.8. The summed E-state index contributed by atoms with van der Waals surface area (Å²) in [6, 6.07) is 17.0. The topological polar surface area (TPSA) is 51.5 Å². The van der Waals surface area contributed by atoms with Gasteiger partial charge in [-0.3, -0.25) is 0 Å². The van der Waals surface area contributed by atoms with E-state index in [0.29, 0.717) is 16.2 Å². The van der Waals surface area contributed by atoms with Gasteiger partial charge < -0.3 is 10.1 Å². The zero-order chi connectivity index (χ0) is 21.5. The first-order chi connectivity index (χ1) is 15.0. The van der Waals surface area contributed by atoms with E-state index in [-0.39, 0.29) is 5.75 Å². The van der Waals surface area contributed by atoms with Gasteiger partial charge in [0, 0.05) is 5.69 Å². The molecule has 0 radical (unpaired) electrons. The van der Waals surface area contributed by atoms with E-state index >= 15 is 0 Å². The number of halogens is 2. The summed E-state index contributed by atoms with van der Waals surface area (Å²) in [5.74, 6) is 0.848. The van der Waals surface area contributed by atoms with E-state index in [4.69, 9.17) is 5.10 Å². The number of benzene rings is 2. The van der Waals surface area contributed by atoms with Crippen molar-refractivity contribution in [3.63, 3.8) is 0 Å². The average molecular weight is 436 g/mol. The second-order valence-corrected chi connectivity index (χ2v) is 8.27. The number of hydrogen-bond acceptors (Lipinski definition) is 5. The fourth-order valence-corrected chi connectivity index (χ4v) is 4.54. The van der Waals surface area contributed by atoms with Crippen molar-refractivity contribution in [3.05, 3.63) is 71.9 Å². The van der Waals surface area contributed by atoms with Crippen LogP contribution in [0.2, 0.25) is 0 Å². The first-order valence-corrected chi connectivity index (χ1v) is 10.5. The third-order valence-corrected chi connectivity index (χ3v) is 6.31. The third-order valence-electron chi connectivity index (χ3n) is 5.12. The van der Waals surface area contributed by atoms with Crippen molar-refractivity contribution in [2.75, 3.05) is 5.32 Å². The zero-order valence-electron chi connectivity index (χ0n) is 16.8. The first kappa shape index (κ1) is 19.4. The predicted octanol–water partition coefficient (Wildman–Crippen LogP) is 6.57. The third kappa shape index (κ3) is 3.70. The van der Waals surface area contributed by atoms with E-state index < -0.39 is 6.61 Å². The van der Waals surface area contributed by atoms with Gasteiger partial charge in [-0.2, -0.15) is 8.78 Å².